The van der Waals surface area contributed by atoms with Gasteiger partial charge in [0.2, 0.25) is 11.8 Å². The summed E-state index contributed by atoms with van der Waals surface area (Å²) >= 11 is 1.46. The SMILES string of the molecule is CC(C)(C)C(=O)N1CCN(C(=O)C2CCN(C(=O)c3cccs3)CC2)CC1. The van der Waals surface area contributed by atoms with Crippen LogP contribution in [0.15, 0.2) is 17.5 Å². The quantitative estimate of drug-likeness (QED) is 0.777. The van der Waals surface area contributed by atoms with Crippen molar-refractivity contribution in [3.8, 4) is 0 Å². The zero-order valence-corrected chi connectivity index (χ0v) is 17.3. The molecule has 3 rings (SSSR count). The van der Waals surface area contributed by atoms with Gasteiger partial charge in [-0.05, 0) is 24.3 Å². The van der Waals surface area contributed by atoms with Crippen LogP contribution < -0.4 is 0 Å². The zero-order chi connectivity index (χ0) is 19.6. The Morgan fingerprint density at radius 1 is 0.926 bits per heavy atom. The molecular formula is C20H29N3O3S. The maximum Gasteiger partial charge on any atom is 0.263 e. The van der Waals surface area contributed by atoms with E-state index in [2.05, 4.69) is 0 Å². The number of hydrogen-bond donors (Lipinski definition) is 0. The van der Waals surface area contributed by atoms with Crippen molar-refractivity contribution in [2.75, 3.05) is 39.3 Å². The number of carbonyl (C=O) groups excluding carboxylic acids is 3. The maximum absolute atomic E-state index is 12.9. The van der Waals surface area contributed by atoms with Crippen molar-refractivity contribution in [2.24, 2.45) is 11.3 Å². The van der Waals surface area contributed by atoms with Crippen LogP contribution in [0, 0.1) is 11.3 Å². The number of piperazine rings is 1. The molecule has 0 aromatic carbocycles. The molecule has 1 aromatic rings. The van der Waals surface area contributed by atoms with Crippen LogP contribution in [0.1, 0.15) is 43.3 Å². The zero-order valence-electron chi connectivity index (χ0n) is 16.4. The molecule has 1 aromatic heterocycles. The standard InChI is InChI=1S/C20H29N3O3S/c1-20(2,3)19(26)23-12-10-22(11-13-23)17(24)15-6-8-21(9-7-15)18(25)16-5-4-14-27-16/h4-5,14-15H,6-13H2,1-3H3. The van der Waals surface area contributed by atoms with E-state index in [1.54, 1.807) is 0 Å². The first kappa shape index (κ1) is 19.9. The Balaban J connectivity index is 1.48. The second kappa shape index (κ2) is 8.00. The molecule has 0 radical (unpaired) electrons. The van der Waals surface area contributed by atoms with Crippen LogP contribution in [-0.2, 0) is 9.59 Å². The molecule has 27 heavy (non-hydrogen) atoms. The second-order valence-corrected chi connectivity index (χ2v) is 9.36. The summed E-state index contributed by atoms with van der Waals surface area (Å²) in [5.74, 6) is 0.392. The first-order valence-corrected chi connectivity index (χ1v) is 10.6. The topological polar surface area (TPSA) is 60.9 Å². The third-order valence-electron chi connectivity index (χ3n) is 5.38. The van der Waals surface area contributed by atoms with Gasteiger partial charge in [0.1, 0.15) is 0 Å². The molecule has 0 saturated carbocycles. The summed E-state index contributed by atoms with van der Waals surface area (Å²) in [4.78, 5) is 44.0. The van der Waals surface area contributed by atoms with Gasteiger partial charge in [-0.1, -0.05) is 26.8 Å². The van der Waals surface area contributed by atoms with Gasteiger partial charge in [0.05, 0.1) is 4.88 Å². The highest BCUT2D eigenvalue weighted by molar-refractivity contribution is 7.12. The fraction of sp³-hybridized carbons (Fsp3) is 0.650. The lowest BCUT2D eigenvalue weighted by Gasteiger charge is -2.40. The molecule has 2 aliphatic rings. The predicted octanol–water partition coefficient (Wildman–Crippen LogP) is 2.32. The minimum Gasteiger partial charge on any atom is -0.339 e. The molecule has 148 valence electrons. The van der Waals surface area contributed by atoms with Gasteiger partial charge in [-0.25, -0.2) is 0 Å². The van der Waals surface area contributed by atoms with E-state index in [9.17, 15) is 14.4 Å². The average molecular weight is 392 g/mol. The van der Waals surface area contributed by atoms with Crippen LogP contribution >= 0.6 is 11.3 Å². The maximum atomic E-state index is 12.9. The normalized spacial score (nSPS) is 19.3. The molecule has 2 fully saturated rings. The van der Waals surface area contributed by atoms with Crippen molar-refractivity contribution < 1.29 is 14.4 Å². The predicted molar refractivity (Wildman–Crippen MR) is 106 cm³/mol. The Morgan fingerprint density at radius 2 is 1.52 bits per heavy atom. The molecule has 2 saturated heterocycles. The van der Waals surface area contributed by atoms with Crippen LogP contribution in [0.5, 0.6) is 0 Å². The highest BCUT2D eigenvalue weighted by Gasteiger charge is 2.34. The molecule has 0 unspecified atom stereocenters. The van der Waals surface area contributed by atoms with E-state index >= 15 is 0 Å². The lowest BCUT2D eigenvalue weighted by Crippen LogP contribution is -2.54. The summed E-state index contributed by atoms with van der Waals surface area (Å²) in [7, 11) is 0. The van der Waals surface area contributed by atoms with E-state index in [-0.39, 0.29) is 29.1 Å². The van der Waals surface area contributed by atoms with Gasteiger partial charge < -0.3 is 14.7 Å². The Hall–Kier alpha value is -1.89. The van der Waals surface area contributed by atoms with Gasteiger partial charge in [-0.2, -0.15) is 0 Å². The molecular weight excluding hydrogens is 362 g/mol. The lowest BCUT2D eigenvalue weighted by atomic mass is 9.93. The molecule has 3 heterocycles. The molecule has 0 bridgehead atoms. The van der Waals surface area contributed by atoms with Crippen LogP contribution in [0.4, 0.5) is 0 Å². The van der Waals surface area contributed by atoms with E-state index in [0.717, 1.165) is 17.7 Å². The second-order valence-electron chi connectivity index (χ2n) is 8.41. The Kier molecular flexibility index (Phi) is 5.89. The van der Waals surface area contributed by atoms with Gasteiger partial charge in [-0.15, -0.1) is 11.3 Å². The molecule has 0 aliphatic carbocycles. The molecule has 6 nitrogen and oxygen atoms in total. The van der Waals surface area contributed by atoms with Crippen LogP contribution in [0.3, 0.4) is 0 Å². The summed E-state index contributed by atoms with van der Waals surface area (Å²) in [5.41, 5.74) is -0.381. The van der Waals surface area contributed by atoms with Crippen molar-refractivity contribution in [3.63, 3.8) is 0 Å². The molecule has 0 N–H and O–H groups in total. The summed E-state index contributed by atoms with van der Waals surface area (Å²) in [6, 6.07) is 3.74. The summed E-state index contributed by atoms with van der Waals surface area (Å²) < 4.78 is 0. The summed E-state index contributed by atoms with van der Waals surface area (Å²) in [6.07, 6.45) is 1.44. The highest BCUT2D eigenvalue weighted by atomic mass is 32.1. The van der Waals surface area contributed by atoms with Crippen LogP contribution in [0.2, 0.25) is 0 Å². The smallest absolute Gasteiger partial charge is 0.263 e. The lowest BCUT2D eigenvalue weighted by molar-refractivity contribution is -0.146. The monoisotopic (exact) mass is 391 g/mol. The van der Waals surface area contributed by atoms with E-state index in [4.69, 9.17) is 0 Å². The molecule has 3 amide bonds. The van der Waals surface area contributed by atoms with Gasteiger partial charge in [0.25, 0.3) is 5.91 Å². The van der Waals surface area contributed by atoms with Crippen molar-refractivity contribution in [2.45, 2.75) is 33.6 Å². The van der Waals surface area contributed by atoms with Crippen molar-refractivity contribution in [1.29, 1.82) is 0 Å². The van der Waals surface area contributed by atoms with Gasteiger partial charge in [-0.3, -0.25) is 14.4 Å². The number of piperidine rings is 1. The number of carbonyl (C=O) groups is 3. The summed E-state index contributed by atoms with van der Waals surface area (Å²) in [5, 5.41) is 1.91. The third kappa shape index (κ3) is 4.51. The van der Waals surface area contributed by atoms with Crippen LogP contribution in [-0.4, -0.2) is 71.7 Å². The fourth-order valence-electron chi connectivity index (χ4n) is 3.75. The molecule has 0 atom stereocenters. The number of thiophene rings is 1. The van der Waals surface area contributed by atoms with Crippen molar-refractivity contribution >= 4 is 29.1 Å². The molecule has 2 aliphatic heterocycles. The van der Waals surface area contributed by atoms with Gasteiger partial charge in [0.15, 0.2) is 0 Å². The minimum atomic E-state index is -0.381. The van der Waals surface area contributed by atoms with Crippen molar-refractivity contribution in [3.05, 3.63) is 22.4 Å². The summed E-state index contributed by atoms with van der Waals surface area (Å²) in [6.45, 7) is 9.48. The minimum absolute atomic E-state index is 0.0118. The van der Waals surface area contributed by atoms with E-state index in [1.807, 2.05) is 53.0 Å². The van der Waals surface area contributed by atoms with E-state index < -0.39 is 0 Å². The first-order valence-electron chi connectivity index (χ1n) is 9.68. The van der Waals surface area contributed by atoms with Gasteiger partial charge >= 0.3 is 0 Å². The highest BCUT2D eigenvalue weighted by Crippen LogP contribution is 2.24. The Bertz CT molecular complexity index is 680. The molecule has 7 heteroatoms. The molecule has 0 spiro atoms. The number of nitrogens with zero attached hydrogens (tertiary/aromatic N) is 3. The fourth-order valence-corrected chi connectivity index (χ4v) is 4.44. The van der Waals surface area contributed by atoms with E-state index in [0.29, 0.717) is 39.3 Å². The number of rotatable bonds is 2. The first-order chi connectivity index (χ1) is 12.8. The van der Waals surface area contributed by atoms with E-state index in [1.165, 1.54) is 11.3 Å². The Morgan fingerprint density at radius 3 is 2.04 bits per heavy atom. The average Bonchev–Trinajstić information content (AvgIpc) is 3.20. The number of likely N-dealkylation sites (tertiary alicyclic amines) is 1. The van der Waals surface area contributed by atoms with Gasteiger partial charge in [0, 0.05) is 50.6 Å². The number of amides is 3. The largest absolute Gasteiger partial charge is 0.339 e. The van der Waals surface area contributed by atoms with Crippen molar-refractivity contribution in [1.82, 2.24) is 14.7 Å². The third-order valence-corrected chi connectivity index (χ3v) is 6.24. The Labute approximate surface area is 165 Å². The number of hydrogen-bond acceptors (Lipinski definition) is 4. The van der Waals surface area contributed by atoms with Crippen LogP contribution in [0.25, 0.3) is 0 Å².